The van der Waals surface area contributed by atoms with Gasteiger partial charge < -0.3 is 0 Å². The normalized spacial score (nSPS) is 11.7. The highest BCUT2D eigenvalue weighted by atomic mass is 19.2. The lowest BCUT2D eigenvalue weighted by Crippen LogP contribution is -2.11. The summed E-state index contributed by atoms with van der Waals surface area (Å²) in [5.41, 5.74) is 10.3. The van der Waals surface area contributed by atoms with Crippen LogP contribution in [-0.2, 0) is 27.1 Å². The third-order valence-corrected chi connectivity index (χ3v) is 9.70. The van der Waals surface area contributed by atoms with E-state index in [1.165, 1.54) is 28.3 Å². The standard InChI is InChI=1S/2C11H15F.2C11H16.C10H12F2/c2*1-8-5-6-9(7-10(8)12)11(2,3)4;2*1-9-5-7-10(8-6-9)11(2,3)4;1-10(2,3)7-4-5-8(11)9(12)6-7/h2*5-7H,1-4H3;2*5-8H,1-4H3;4-6H,1-3H3. The summed E-state index contributed by atoms with van der Waals surface area (Å²) in [5, 5.41) is 0. The van der Waals surface area contributed by atoms with Crippen molar-refractivity contribution in [3.63, 3.8) is 0 Å². The predicted molar refractivity (Wildman–Crippen MR) is 244 cm³/mol. The first kappa shape index (κ1) is 51.8. The molecule has 0 nitrogen and oxygen atoms in total. The summed E-state index contributed by atoms with van der Waals surface area (Å²) < 4.78 is 51.5. The Balaban J connectivity index is 0.000000363. The Bertz CT molecular complexity index is 1780. The van der Waals surface area contributed by atoms with Gasteiger partial charge in [0.2, 0.25) is 0 Å². The van der Waals surface area contributed by atoms with Crippen LogP contribution in [-0.4, -0.2) is 0 Å². The molecule has 0 saturated carbocycles. The van der Waals surface area contributed by atoms with Crippen LogP contribution in [0.5, 0.6) is 0 Å². The molecule has 0 heterocycles. The van der Waals surface area contributed by atoms with Gasteiger partial charge in [-0.05, 0) is 118 Å². The van der Waals surface area contributed by atoms with Crippen molar-refractivity contribution in [2.75, 3.05) is 0 Å². The van der Waals surface area contributed by atoms with E-state index in [0.29, 0.717) is 11.1 Å². The molecule has 318 valence electrons. The van der Waals surface area contributed by atoms with Crippen molar-refractivity contribution in [1.29, 1.82) is 0 Å². The van der Waals surface area contributed by atoms with Crippen molar-refractivity contribution in [2.24, 2.45) is 0 Å². The molecule has 0 atom stereocenters. The second kappa shape index (κ2) is 21.2. The minimum Gasteiger partial charge on any atom is -0.207 e. The van der Waals surface area contributed by atoms with E-state index in [0.717, 1.165) is 22.8 Å². The van der Waals surface area contributed by atoms with E-state index >= 15 is 0 Å². The quantitative estimate of drug-likeness (QED) is 0.137. The van der Waals surface area contributed by atoms with Gasteiger partial charge in [0.05, 0.1) is 0 Å². The Morgan fingerprint density at radius 1 is 0.259 bits per heavy atom. The van der Waals surface area contributed by atoms with E-state index in [1.54, 1.807) is 32.0 Å². The lowest BCUT2D eigenvalue weighted by Gasteiger charge is -2.19. The molecule has 0 radical (unpaired) electrons. The number of rotatable bonds is 0. The molecule has 0 saturated heterocycles. The van der Waals surface area contributed by atoms with E-state index in [4.69, 9.17) is 0 Å². The van der Waals surface area contributed by atoms with E-state index < -0.39 is 11.6 Å². The summed E-state index contributed by atoms with van der Waals surface area (Å²) in [6.07, 6.45) is 0. The van der Waals surface area contributed by atoms with Gasteiger partial charge >= 0.3 is 0 Å². The lowest BCUT2D eigenvalue weighted by molar-refractivity contribution is 0.499. The smallest absolute Gasteiger partial charge is 0.159 e. The van der Waals surface area contributed by atoms with Crippen molar-refractivity contribution < 1.29 is 17.6 Å². The molecule has 58 heavy (non-hydrogen) atoms. The van der Waals surface area contributed by atoms with Crippen LogP contribution in [0.25, 0.3) is 0 Å². The fraction of sp³-hybridized carbons (Fsp3) is 0.444. The SMILES string of the molecule is CC(C)(C)c1ccc(F)c(F)c1.Cc1ccc(C(C)(C)C)cc1.Cc1ccc(C(C)(C)C)cc1.Cc1ccc(C(C)(C)C)cc1F.Cc1ccc(C(C)(C)C)cc1F. The van der Waals surface area contributed by atoms with Gasteiger partial charge in [-0.1, -0.05) is 194 Å². The maximum absolute atomic E-state index is 13.1. The van der Waals surface area contributed by atoms with Gasteiger partial charge in [0, 0.05) is 0 Å². The summed E-state index contributed by atoms with van der Waals surface area (Å²) in [6, 6.07) is 32.4. The second-order valence-corrected chi connectivity index (χ2v) is 20.5. The van der Waals surface area contributed by atoms with Gasteiger partial charge in [-0.3, -0.25) is 0 Å². The van der Waals surface area contributed by atoms with Crippen molar-refractivity contribution in [3.05, 3.63) is 176 Å². The average Bonchev–Trinajstić information content (AvgIpc) is 3.08. The molecular weight excluding hydrogens is 725 g/mol. The largest absolute Gasteiger partial charge is 0.207 e. The molecule has 0 aromatic heterocycles. The Labute approximate surface area is 351 Å². The Kier molecular flexibility index (Phi) is 18.9. The van der Waals surface area contributed by atoms with Crippen LogP contribution in [0, 0.1) is 51.0 Å². The van der Waals surface area contributed by atoms with E-state index in [9.17, 15) is 17.6 Å². The van der Waals surface area contributed by atoms with Crippen LogP contribution in [0.3, 0.4) is 0 Å². The van der Waals surface area contributed by atoms with Crippen molar-refractivity contribution in [1.82, 2.24) is 0 Å². The van der Waals surface area contributed by atoms with Gasteiger partial charge in [0.25, 0.3) is 0 Å². The van der Waals surface area contributed by atoms with Gasteiger partial charge in [-0.25, -0.2) is 17.6 Å². The Hall–Kier alpha value is -4.18. The highest BCUT2D eigenvalue weighted by Crippen LogP contribution is 2.26. The van der Waals surface area contributed by atoms with Crippen molar-refractivity contribution in [3.8, 4) is 0 Å². The predicted octanol–water partition coefficient (Wildman–Crippen LogP) is 16.7. The van der Waals surface area contributed by atoms with E-state index in [2.05, 4.69) is 145 Å². The van der Waals surface area contributed by atoms with Crippen LogP contribution in [0.1, 0.15) is 154 Å². The fourth-order valence-corrected chi connectivity index (χ4v) is 5.19. The molecule has 0 fully saturated rings. The summed E-state index contributed by atoms with van der Waals surface area (Å²) in [5.74, 6) is -1.78. The lowest BCUT2D eigenvalue weighted by atomic mass is 9.86. The van der Waals surface area contributed by atoms with Gasteiger partial charge in [-0.2, -0.15) is 0 Å². The first-order valence-electron chi connectivity index (χ1n) is 20.4. The molecule has 0 bridgehead atoms. The maximum Gasteiger partial charge on any atom is 0.159 e. The molecule has 5 aromatic carbocycles. The van der Waals surface area contributed by atoms with Gasteiger partial charge in [0.15, 0.2) is 11.6 Å². The van der Waals surface area contributed by atoms with Gasteiger partial charge in [0.1, 0.15) is 11.6 Å². The van der Waals surface area contributed by atoms with Crippen LogP contribution < -0.4 is 0 Å². The Morgan fingerprint density at radius 2 is 0.483 bits per heavy atom. The zero-order valence-electron chi connectivity index (χ0n) is 39.3. The van der Waals surface area contributed by atoms with Crippen molar-refractivity contribution in [2.45, 2.75) is 159 Å². The monoisotopic (exact) mass is 799 g/mol. The first-order valence-corrected chi connectivity index (χ1v) is 20.4. The topological polar surface area (TPSA) is 0 Å². The molecule has 5 rings (SSSR count). The minimum absolute atomic E-state index is 0.0362. The number of halogens is 4. The second-order valence-electron chi connectivity index (χ2n) is 20.5. The fourth-order valence-electron chi connectivity index (χ4n) is 5.19. The third-order valence-electron chi connectivity index (χ3n) is 9.70. The molecule has 0 spiro atoms. The Morgan fingerprint density at radius 3 is 0.707 bits per heavy atom. The van der Waals surface area contributed by atoms with Crippen LogP contribution in [0.2, 0.25) is 0 Å². The summed E-state index contributed by atoms with van der Waals surface area (Å²) in [7, 11) is 0. The summed E-state index contributed by atoms with van der Waals surface area (Å²) in [4.78, 5) is 0. The molecule has 0 aliphatic heterocycles. The van der Waals surface area contributed by atoms with Crippen LogP contribution in [0.4, 0.5) is 17.6 Å². The van der Waals surface area contributed by atoms with E-state index in [-0.39, 0.29) is 38.7 Å². The molecule has 0 N–H and O–H groups in total. The van der Waals surface area contributed by atoms with Crippen molar-refractivity contribution >= 4 is 0 Å². The maximum atomic E-state index is 13.1. The summed E-state index contributed by atoms with van der Waals surface area (Å²) in [6.45, 7) is 39.6. The number of benzene rings is 5. The molecule has 5 aromatic rings. The average molecular weight is 799 g/mol. The third kappa shape index (κ3) is 18.6. The molecule has 0 aliphatic rings. The number of hydrogen-bond donors (Lipinski definition) is 0. The molecule has 0 amide bonds. The highest BCUT2D eigenvalue weighted by molar-refractivity contribution is 5.30. The number of aryl methyl sites for hydroxylation is 4. The van der Waals surface area contributed by atoms with Crippen LogP contribution in [0.15, 0.2) is 103 Å². The highest BCUT2D eigenvalue weighted by Gasteiger charge is 2.17. The zero-order chi connectivity index (χ0) is 45.0. The van der Waals surface area contributed by atoms with Gasteiger partial charge in [-0.15, -0.1) is 0 Å². The summed E-state index contributed by atoms with van der Waals surface area (Å²) >= 11 is 0. The molecule has 0 aliphatic carbocycles. The number of hydrogen-bond acceptors (Lipinski definition) is 0. The molecule has 0 unspecified atom stereocenters. The van der Waals surface area contributed by atoms with Crippen LogP contribution >= 0.6 is 0 Å². The van der Waals surface area contributed by atoms with E-state index in [1.807, 2.05) is 45.0 Å². The zero-order valence-corrected chi connectivity index (χ0v) is 39.3. The molecular formula is C54H74F4. The minimum atomic E-state index is -0.789. The first-order chi connectivity index (χ1) is 26.2. The molecule has 4 heteroatoms.